The topological polar surface area (TPSA) is 86.3 Å². The number of amides is 1. The van der Waals surface area contributed by atoms with Gasteiger partial charge in [0, 0.05) is 11.8 Å². The molecule has 0 atom stereocenters. The van der Waals surface area contributed by atoms with E-state index in [0.717, 1.165) is 5.56 Å². The lowest BCUT2D eigenvalue weighted by molar-refractivity contribution is 0.0526. The highest BCUT2D eigenvalue weighted by molar-refractivity contribution is 6.01. The van der Waals surface area contributed by atoms with E-state index in [4.69, 9.17) is 10.5 Å². The second kappa shape index (κ2) is 6.34. The van der Waals surface area contributed by atoms with Gasteiger partial charge >= 0.3 is 5.97 Å². The predicted molar refractivity (Wildman–Crippen MR) is 84.4 cm³/mol. The van der Waals surface area contributed by atoms with Crippen LogP contribution in [0.3, 0.4) is 0 Å². The Bertz CT molecular complexity index is 702. The van der Waals surface area contributed by atoms with Crippen molar-refractivity contribution < 1.29 is 14.3 Å². The molecule has 22 heavy (non-hydrogen) atoms. The Morgan fingerprint density at radius 2 is 1.86 bits per heavy atom. The van der Waals surface area contributed by atoms with Gasteiger partial charge in [-0.15, -0.1) is 0 Å². The fraction of sp³-hybridized carbons (Fsp3) is 0.250. The van der Waals surface area contributed by atoms with Crippen LogP contribution >= 0.6 is 0 Å². The van der Waals surface area contributed by atoms with Crippen molar-refractivity contribution in [3.63, 3.8) is 0 Å². The SMILES string of the molecule is CCOC(=O)c1c(C)cn(NC(=O)c2ccc(C)cc2)c1N. The van der Waals surface area contributed by atoms with E-state index in [1.165, 1.54) is 4.68 Å². The summed E-state index contributed by atoms with van der Waals surface area (Å²) in [6.45, 7) is 5.66. The monoisotopic (exact) mass is 301 g/mol. The van der Waals surface area contributed by atoms with Crippen molar-refractivity contribution in [2.45, 2.75) is 20.8 Å². The zero-order valence-electron chi connectivity index (χ0n) is 12.8. The fourth-order valence-corrected chi connectivity index (χ4v) is 2.09. The first kappa shape index (κ1) is 15.6. The highest BCUT2D eigenvalue weighted by Crippen LogP contribution is 2.19. The van der Waals surface area contributed by atoms with Crippen LogP contribution in [0.15, 0.2) is 30.5 Å². The molecular formula is C16H19N3O3. The van der Waals surface area contributed by atoms with Crippen LogP contribution in [0.4, 0.5) is 5.82 Å². The van der Waals surface area contributed by atoms with Gasteiger partial charge in [-0.1, -0.05) is 17.7 Å². The lowest BCUT2D eigenvalue weighted by atomic mass is 10.1. The molecule has 0 unspecified atom stereocenters. The van der Waals surface area contributed by atoms with Gasteiger partial charge in [-0.05, 0) is 38.5 Å². The number of nitrogens with one attached hydrogen (secondary N) is 1. The molecule has 0 aliphatic rings. The minimum Gasteiger partial charge on any atom is -0.462 e. The largest absolute Gasteiger partial charge is 0.462 e. The molecule has 1 heterocycles. The molecule has 6 nitrogen and oxygen atoms in total. The molecule has 0 aliphatic carbocycles. The molecule has 2 rings (SSSR count). The molecular weight excluding hydrogens is 282 g/mol. The molecule has 1 aromatic heterocycles. The molecule has 0 aliphatic heterocycles. The number of aryl methyl sites for hydroxylation is 2. The minimum absolute atomic E-state index is 0.149. The first-order valence-electron chi connectivity index (χ1n) is 6.96. The summed E-state index contributed by atoms with van der Waals surface area (Å²) in [5.74, 6) is -0.658. The third-order valence-electron chi connectivity index (χ3n) is 3.25. The van der Waals surface area contributed by atoms with Crippen molar-refractivity contribution >= 4 is 17.7 Å². The third kappa shape index (κ3) is 3.11. The van der Waals surface area contributed by atoms with E-state index >= 15 is 0 Å². The van der Waals surface area contributed by atoms with Crippen molar-refractivity contribution in [2.75, 3.05) is 17.8 Å². The number of anilines is 1. The van der Waals surface area contributed by atoms with Crippen molar-refractivity contribution in [1.29, 1.82) is 0 Å². The Morgan fingerprint density at radius 3 is 2.45 bits per heavy atom. The normalized spacial score (nSPS) is 10.3. The zero-order valence-corrected chi connectivity index (χ0v) is 12.8. The Morgan fingerprint density at radius 1 is 1.23 bits per heavy atom. The Hall–Kier alpha value is -2.76. The number of rotatable bonds is 4. The van der Waals surface area contributed by atoms with Gasteiger partial charge in [0.15, 0.2) is 0 Å². The van der Waals surface area contributed by atoms with Crippen molar-refractivity contribution in [3.05, 3.63) is 52.7 Å². The van der Waals surface area contributed by atoms with E-state index in [0.29, 0.717) is 11.1 Å². The number of nitrogens with two attached hydrogens (primary N) is 1. The number of benzene rings is 1. The molecule has 0 radical (unpaired) electrons. The van der Waals surface area contributed by atoms with Crippen LogP contribution in [0.25, 0.3) is 0 Å². The average molecular weight is 301 g/mol. The number of hydrogen-bond donors (Lipinski definition) is 2. The highest BCUT2D eigenvalue weighted by Gasteiger charge is 2.20. The van der Waals surface area contributed by atoms with Crippen LogP contribution in [0.2, 0.25) is 0 Å². The van der Waals surface area contributed by atoms with Crippen LogP contribution in [0, 0.1) is 13.8 Å². The number of nitrogen functional groups attached to an aromatic ring is 1. The second-order valence-electron chi connectivity index (χ2n) is 4.97. The standard InChI is InChI=1S/C16H19N3O3/c1-4-22-16(21)13-11(3)9-19(14(13)17)18-15(20)12-7-5-10(2)6-8-12/h5-9H,4,17H2,1-3H3,(H,18,20). The molecule has 116 valence electrons. The number of hydrogen-bond acceptors (Lipinski definition) is 4. The van der Waals surface area contributed by atoms with Crippen LogP contribution in [0.1, 0.15) is 38.8 Å². The van der Waals surface area contributed by atoms with Gasteiger partial charge in [0.1, 0.15) is 11.4 Å². The first-order valence-corrected chi connectivity index (χ1v) is 6.96. The Kier molecular flexibility index (Phi) is 4.50. The van der Waals surface area contributed by atoms with Gasteiger partial charge in [0.05, 0.1) is 6.61 Å². The summed E-state index contributed by atoms with van der Waals surface area (Å²) >= 11 is 0. The van der Waals surface area contributed by atoms with Crippen LogP contribution < -0.4 is 11.2 Å². The number of esters is 1. The van der Waals surface area contributed by atoms with E-state index in [2.05, 4.69) is 5.43 Å². The number of carbonyl (C=O) groups is 2. The van der Waals surface area contributed by atoms with Gasteiger partial charge < -0.3 is 10.5 Å². The summed E-state index contributed by atoms with van der Waals surface area (Å²) in [4.78, 5) is 24.1. The van der Waals surface area contributed by atoms with Gasteiger partial charge in [0.2, 0.25) is 0 Å². The molecule has 0 spiro atoms. The number of aromatic nitrogens is 1. The molecule has 1 amide bonds. The zero-order chi connectivity index (χ0) is 16.3. The summed E-state index contributed by atoms with van der Waals surface area (Å²) in [6.07, 6.45) is 1.59. The Labute approximate surface area is 128 Å². The number of carbonyl (C=O) groups excluding carboxylic acids is 2. The van der Waals surface area contributed by atoms with Crippen molar-refractivity contribution in [3.8, 4) is 0 Å². The second-order valence-corrected chi connectivity index (χ2v) is 4.97. The molecule has 0 saturated carbocycles. The third-order valence-corrected chi connectivity index (χ3v) is 3.25. The quantitative estimate of drug-likeness (QED) is 0.848. The molecule has 0 bridgehead atoms. The van der Waals surface area contributed by atoms with E-state index in [9.17, 15) is 9.59 Å². The van der Waals surface area contributed by atoms with Crippen molar-refractivity contribution in [2.24, 2.45) is 0 Å². The minimum atomic E-state index is -0.499. The maximum atomic E-state index is 12.2. The van der Waals surface area contributed by atoms with E-state index in [1.54, 1.807) is 32.2 Å². The number of nitrogens with zero attached hydrogens (tertiary/aromatic N) is 1. The molecule has 0 saturated heterocycles. The molecule has 1 aromatic carbocycles. The van der Waals surface area contributed by atoms with Crippen LogP contribution in [0.5, 0.6) is 0 Å². The smallest absolute Gasteiger partial charge is 0.342 e. The van der Waals surface area contributed by atoms with Crippen LogP contribution in [-0.4, -0.2) is 23.2 Å². The average Bonchev–Trinajstić information content (AvgIpc) is 2.74. The highest BCUT2D eigenvalue weighted by atomic mass is 16.5. The maximum Gasteiger partial charge on any atom is 0.342 e. The molecule has 0 fully saturated rings. The molecule has 3 N–H and O–H groups in total. The lowest BCUT2D eigenvalue weighted by Gasteiger charge is -2.09. The first-order chi connectivity index (χ1) is 10.4. The lowest BCUT2D eigenvalue weighted by Crippen LogP contribution is -2.24. The van der Waals surface area contributed by atoms with E-state index in [1.807, 2.05) is 19.1 Å². The fourth-order valence-electron chi connectivity index (χ4n) is 2.09. The predicted octanol–water partition coefficient (Wildman–Crippen LogP) is 2.25. The Balaban J connectivity index is 2.23. The van der Waals surface area contributed by atoms with Crippen molar-refractivity contribution in [1.82, 2.24) is 4.68 Å². The summed E-state index contributed by atoms with van der Waals surface area (Å²) in [7, 11) is 0. The van der Waals surface area contributed by atoms with Gasteiger partial charge in [-0.2, -0.15) is 0 Å². The van der Waals surface area contributed by atoms with E-state index < -0.39 is 5.97 Å². The number of ether oxygens (including phenoxy) is 1. The maximum absolute atomic E-state index is 12.2. The molecule has 2 aromatic rings. The summed E-state index contributed by atoms with van der Waals surface area (Å²) < 4.78 is 6.30. The summed E-state index contributed by atoms with van der Waals surface area (Å²) in [5.41, 5.74) is 11.1. The van der Waals surface area contributed by atoms with Crippen LogP contribution in [-0.2, 0) is 4.74 Å². The van der Waals surface area contributed by atoms with Gasteiger partial charge in [-0.25, -0.2) is 9.47 Å². The van der Waals surface area contributed by atoms with E-state index in [-0.39, 0.29) is 23.9 Å². The van der Waals surface area contributed by atoms with Gasteiger partial charge in [-0.3, -0.25) is 10.2 Å². The summed E-state index contributed by atoms with van der Waals surface area (Å²) in [5, 5.41) is 0. The van der Waals surface area contributed by atoms with Gasteiger partial charge in [0.25, 0.3) is 5.91 Å². The molecule has 6 heteroatoms. The summed E-state index contributed by atoms with van der Waals surface area (Å²) in [6, 6.07) is 7.15.